The first-order valence-corrected chi connectivity index (χ1v) is 5.09. The van der Waals surface area contributed by atoms with Crippen LogP contribution < -0.4 is 10.2 Å². The number of nitrogens with one attached hydrogen (secondary N) is 1. The lowest BCUT2D eigenvalue weighted by atomic mass is 10.1. The quantitative estimate of drug-likeness (QED) is 0.623. The molecule has 1 aliphatic heterocycles. The summed E-state index contributed by atoms with van der Waals surface area (Å²) < 4.78 is 38.3. The molecule has 1 heterocycles. The summed E-state index contributed by atoms with van der Waals surface area (Å²) in [6, 6.07) is 4.40. The fourth-order valence-corrected chi connectivity index (χ4v) is 1.80. The maximum Gasteiger partial charge on any atom is 0.418 e. The largest absolute Gasteiger partial charge is 0.418 e. The number of thiocarbonyl (C=S) groups is 1. The molecule has 18 heavy (non-hydrogen) atoms. The minimum atomic E-state index is -4.64. The van der Waals surface area contributed by atoms with Crippen molar-refractivity contribution < 1.29 is 22.8 Å². The van der Waals surface area contributed by atoms with Crippen molar-refractivity contribution in [3.63, 3.8) is 0 Å². The van der Waals surface area contributed by atoms with Crippen LogP contribution in [0.1, 0.15) is 5.56 Å². The highest BCUT2D eigenvalue weighted by atomic mass is 32.1. The normalized spacial score (nSPS) is 16.2. The predicted molar refractivity (Wildman–Crippen MR) is 59.7 cm³/mol. The van der Waals surface area contributed by atoms with Gasteiger partial charge in [-0.15, -0.1) is 0 Å². The maximum atomic E-state index is 12.8. The highest BCUT2D eigenvalue weighted by Crippen LogP contribution is 2.37. The van der Waals surface area contributed by atoms with Gasteiger partial charge < -0.3 is 0 Å². The van der Waals surface area contributed by atoms with E-state index in [1.807, 2.05) is 5.32 Å². The number of carbonyl (C=O) groups excluding carboxylic acids is 2. The van der Waals surface area contributed by atoms with Crippen molar-refractivity contribution in [2.75, 3.05) is 4.90 Å². The smallest absolute Gasteiger partial charge is 0.294 e. The van der Waals surface area contributed by atoms with Crippen LogP contribution in [-0.4, -0.2) is 16.9 Å². The van der Waals surface area contributed by atoms with Gasteiger partial charge in [-0.2, -0.15) is 13.2 Å². The van der Waals surface area contributed by atoms with Crippen LogP contribution in [0.15, 0.2) is 24.3 Å². The molecule has 2 amide bonds. The van der Waals surface area contributed by atoms with E-state index in [2.05, 4.69) is 12.2 Å². The molecule has 0 aliphatic carbocycles. The molecule has 0 radical (unpaired) electrons. The Hall–Kier alpha value is -1.96. The molecule has 94 valence electrons. The first kappa shape index (κ1) is 12.5. The average Bonchev–Trinajstić information content (AvgIpc) is 2.52. The van der Waals surface area contributed by atoms with Crippen molar-refractivity contribution in [1.29, 1.82) is 0 Å². The molecule has 0 aromatic heterocycles. The first-order valence-electron chi connectivity index (χ1n) is 4.68. The molecule has 1 aromatic carbocycles. The molecule has 0 atom stereocenters. The van der Waals surface area contributed by atoms with E-state index in [4.69, 9.17) is 0 Å². The molecular formula is C10H5F3N2O2S. The number of hydrogen-bond donors (Lipinski definition) is 1. The Bertz CT molecular complexity index is 556. The zero-order chi connectivity index (χ0) is 13.5. The molecule has 0 bridgehead atoms. The lowest BCUT2D eigenvalue weighted by Crippen LogP contribution is -2.32. The number of nitrogens with zero attached hydrogens (tertiary/aromatic N) is 1. The molecule has 8 heteroatoms. The number of amides is 2. The molecule has 4 nitrogen and oxygen atoms in total. The summed E-state index contributed by atoms with van der Waals surface area (Å²) in [6.45, 7) is 0. The number of hydrogen-bond acceptors (Lipinski definition) is 3. The molecule has 1 N–H and O–H groups in total. The van der Waals surface area contributed by atoms with E-state index >= 15 is 0 Å². The van der Waals surface area contributed by atoms with E-state index in [9.17, 15) is 22.8 Å². The van der Waals surface area contributed by atoms with E-state index < -0.39 is 29.2 Å². The predicted octanol–water partition coefficient (Wildman–Crippen LogP) is 1.45. The van der Waals surface area contributed by atoms with Gasteiger partial charge in [0.05, 0.1) is 11.3 Å². The molecular weight excluding hydrogens is 269 g/mol. The van der Waals surface area contributed by atoms with E-state index in [1.54, 1.807) is 0 Å². The Labute approximate surface area is 104 Å². The van der Waals surface area contributed by atoms with Crippen LogP contribution in [0, 0.1) is 0 Å². The second-order valence-electron chi connectivity index (χ2n) is 3.41. The lowest BCUT2D eigenvalue weighted by Gasteiger charge is -2.19. The van der Waals surface area contributed by atoms with Crippen LogP contribution in [0.5, 0.6) is 0 Å². The van der Waals surface area contributed by atoms with Gasteiger partial charge in [-0.3, -0.25) is 14.9 Å². The number of alkyl halides is 3. The molecule has 0 saturated carbocycles. The zero-order valence-corrected chi connectivity index (χ0v) is 9.43. The second-order valence-corrected chi connectivity index (χ2v) is 3.80. The molecule has 1 aliphatic rings. The number of anilines is 1. The van der Waals surface area contributed by atoms with E-state index in [0.717, 1.165) is 12.1 Å². The number of benzene rings is 1. The number of carbonyl (C=O) groups is 2. The SMILES string of the molecule is O=C1NC(=S)N(c2ccccc2C(F)(F)F)C1=O. The van der Waals surface area contributed by atoms with Crippen molar-refractivity contribution in [1.82, 2.24) is 5.32 Å². The van der Waals surface area contributed by atoms with E-state index in [0.29, 0.717) is 4.90 Å². The van der Waals surface area contributed by atoms with Crippen molar-refractivity contribution >= 4 is 34.8 Å². The summed E-state index contributed by atoms with van der Waals surface area (Å²) in [5, 5.41) is 1.64. The number of halogens is 3. The maximum absolute atomic E-state index is 12.8. The average molecular weight is 274 g/mol. The fraction of sp³-hybridized carbons (Fsp3) is 0.100. The summed E-state index contributed by atoms with van der Waals surface area (Å²) in [7, 11) is 0. The van der Waals surface area contributed by atoms with Gasteiger partial charge in [-0.05, 0) is 24.4 Å². The summed E-state index contributed by atoms with van der Waals surface area (Å²) in [4.78, 5) is 23.1. The van der Waals surface area contributed by atoms with Crippen LogP contribution >= 0.6 is 12.2 Å². The van der Waals surface area contributed by atoms with Gasteiger partial charge >= 0.3 is 18.0 Å². The third kappa shape index (κ3) is 1.94. The van der Waals surface area contributed by atoms with Crippen molar-refractivity contribution in [3.8, 4) is 0 Å². The summed E-state index contributed by atoms with van der Waals surface area (Å²) >= 11 is 4.66. The minimum Gasteiger partial charge on any atom is -0.294 e. The molecule has 1 saturated heterocycles. The van der Waals surface area contributed by atoms with E-state index in [-0.39, 0.29) is 5.11 Å². The third-order valence-corrected chi connectivity index (χ3v) is 2.56. The van der Waals surface area contributed by atoms with Crippen LogP contribution in [0.25, 0.3) is 0 Å². The standard InChI is InChI=1S/C10H5F3N2O2S/c11-10(12,13)5-3-1-2-4-6(5)15-8(17)7(16)14-9(15)18/h1-4H,(H,14,16,18). The Kier molecular flexibility index (Phi) is 2.81. The Balaban J connectivity index is 2.56. The fourth-order valence-electron chi connectivity index (χ4n) is 1.53. The van der Waals surface area contributed by atoms with Crippen molar-refractivity contribution in [2.24, 2.45) is 0 Å². The van der Waals surface area contributed by atoms with Gasteiger partial charge in [-0.25, -0.2) is 4.90 Å². The molecule has 1 aromatic rings. The molecule has 2 rings (SSSR count). The highest BCUT2D eigenvalue weighted by molar-refractivity contribution is 7.80. The molecule has 0 unspecified atom stereocenters. The summed E-state index contributed by atoms with van der Waals surface area (Å²) in [5.74, 6) is -2.17. The van der Waals surface area contributed by atoms with Gasteiger partial charge in [0, 0.05) is 0 Å². The van der Waals surface area contributed by atoms with Crippen molar-refractivity contribution in [2.45, 2.75) is 6.18 Å². The molecule has 1 fully saturated rings. The van der Waals surface area contributed by atoms with Crippen LogP contribution in [0.4, 0.5) is 18.9 Å². The number of para-hydroxylation sites is 1. The Morgan fingerprint density at radius 2 is 1.78 bits per heavy atom. The summed E-state index contributed by atoms with van der Waals surface area (Å²) in [5.41, 5.74) is -1.49. The minimum absolute atomic E-state index is 0.360. The van der Waals surface area contributed by atoms with Gasteiger partial charge in [0.1, 0.15) is 0 Å². The number of rotatable bonds is 1. The Morgan fingerprint density at radius 3 is 2.28 bits per heavy atom. The van der Waals surface area contributed by atoms with E-state index in [1.165, 1.54) is 12.1 Å². The first-order chi connectivity index (χ1) is 8.32. The summed E-state index contributed by atoms with van der Waals surface area (Å²) in [6.07, 6.45) is -4.64. The monoisotopic (exact) mass is 274 g/mol. The topological polar surface area (TPSA) is 49.4 Å². The van der Waals surface area contributed by atoms with Crippen LogP contribution in [0.2, 0.25) is 0 Å². The van der Waals surface area contributed by atoms with Crippen LogP contribution in [0.3, 0.4) is 0 Å². The van der Waals surface area contributed by atoms with Gasteiger partial charge in [0.15, 0.2) is 5.11 Å². The lowest BCUT2D eigenvalue weighted by molar-refractivity contribution is -0.137. The van der Waals surface area contributed by atoms with Crippen molar-refractivity contribution in [3.05, 3.63) is 29.8 Å². The second kappa shape index (κ2) is 4.05. The van der Waals surface area contributed by atoms with Gasteiger partial charge in [0.2, 0.25) is 0 Å². The highest BCUT2D eigenvalue weighted by Gasteiger charge is 2.41. The molecule has 0 spiro atoms. The van der Waals surface area contributed by atoms with Crippen LogP contribution in [-0.2, 0) is 15.8 Å². The third-order valence-electron chi connectivity index (χ3n) is 2.27. The zero-order valence-electron chi connectivity index (χ0n) is 8.62. The van der Waals surface area contributed by atoms with Gasteiger partial charge in [0.25, 0.3) is 0 Å². The van der Waals surface area contributed by atoms with Gasteiger partial charge in [-0.1, -0.05) is 12.1 Å². The Morgan fingerprint density at radius 1 is 1.17 bits per heavy atom.